The molecule has 0 radical (unpaired) electrons. The number of rotatable bonds is 4. The quantitative estimate of drug-likeness (QED) is 0.818. The standard InChI is InChI=1S/C19H19ClN2O5S/c20-14-2-1-3-16(10-14)28(24,25)22-8-6-13(7-9-22)19(23)21-15-4-5-17-18(11-15)27-12-26-17/h1-5,10-11,13H,6-9,12H2,(H,21,23). The van der Waals surface area contributed by atoms with Gasteiger partial charge in [0.05, 0.1) is 4.90 Å². The van der Waals surface area contributed by atoms with E-state index >= 15 is 0 Å². The van der Waals surface area contributed by atoms with Crippen molar-refractivity contribution in [1.29, 1.82) is 0 Å². The minimum atomic E-state index is -3.61. The average molecular weight is 423 g/mol. The van der Waals surface area contributed by atoms with Gasteiger partial charge < -0.3 is 14.8 Å². The number of hydrogen-bond donors (Lipinski definition) is 1. The molecular formula is C19H19ClN2O5S. The number of hydrogen-bond acceptors (Lipinski definition) is 5. The highest BCUT2D eigenvalue weighted by Crippen LogP contribution is 2.34. The topological polar surface area (TPSA) is 84.9 Å². The Hall–Kier alpha value is -2.29. The number of amides is 1. The summed E-state index contributed by atoms with van der Waals surface area (Å²) < 4.78 is 37.5. The lowest BCUT2D eigenvalue weighted by atomic mass is 9.97. The monoisotopic (exact) mass is 422 g/mol. The molecule has 0 aliphatic carbocycles. The van der Waals surface area contributed by atoms with E-state index in [0.29, 0.717) is 35.1 Å². The summed E-state index contributed by atoms with van der Waals surface area (Å²) >= 11 is 5.91. The summed E-state index contributed by atoms with van der Waals surface area (Å²) in [4.78, 5) is 12.7. The van der Waals surface area contributed by atoms with Crippen LogP contribution in [0.1, 0.15) is 12.8 Å². The van der Waals surface area contributed by atoms with Crippen molar-refractivity contribution in [2.24, 2.45) is 5.92 Å². The fourth-order valence-corrected chi connectivity index (χ4v) is 5.12. The second-order valence-electron chi connectivity index (χ2n) is 6.69. The zero-order valence-electron chi connectivity index (χ0n) is 14.9. The van der Waals surface area contributed by atoms with E-state index in [2.05, 4.69) is 5.32 Å². The van der Waals surface area contributed by atoms with E-state index < -0.39 is 10.0 Å². The first-order valence-electron chi connectivity index (χ1n) is 8.90. The molecule has 0 atom stereocenters. The Morgan fingerprint density at radius 2 is 1.82 bits per heavy atom. The van der Waals surface area contributed by atoms with Gasteiger partial charge in [0.25, 0.3) is 0 Å². The van der Waals surface area contributed by atoms with Crippen LogP contribution in [0.4, 0.5) is 5.69 Å². The molecule has 1 N–H and O–H groups in total. The number of carbonyl (C=O) groups excluding carboxylic acids is 1. The van der Waals surface area contributed by atoms with Crippen LogP contribution in [0.15, 0.2) is 47.4 Å². The maximum Gasteiger partial charge on any atom is 0.243 e. The van der Waals surface area contributed by atoms with Gasteiger partial charge in [-0.1, -0.05) is 17.7 Å². The third kappa shape index (κ3) is 3.80. The van der Waals surface area contributed by atoms with Crippen LogP contribution in [0.25, 0.3) is 0 Å². The highest BCUT2D eigenvalue weighted by molar-refractivity contribution is 7.89. The van der Waals surface area contributed by atoms with Crippen LogP contribution >= 0.6 is 11.6 Å². The second-order valence-corrected chi connectivity index (χ2v) is 9.07. The molecule has 7 nitrogen and oxygen atoms in total. The van der Waals surface area contributed by atoms with Crippen LogP contribution in [0.3, 0.4) is 0 Å². The van der Waals surface area contributed by atoms with Crippen LogP contribution < -0.4 is 14.8 Å². The number of piperidine rings is 1. The van der Waals surface area contributed by atoms with E-state index in [4.69, 9.17) is 21.1 Å². The van der Waals surface area contributed by atoms with Crippen molar-refractivity contribution in [3.63, 3.8) is 0 Å². The first kappa shape index (κ1) is 19.0. The Morgan fingerprint density at radius 3 is 2.57 bits per heavy atom. The zero-order chi connectivity index (χ0) is 19.7. The van der Waals surface area contributed by atoms with E-state index in [1.807, 2.05) is 0 Å². The first-order valence-corrected chi connectivity index (χ1v) is 10.7. The molecule has 0 aromatic heterocycles. The number of ether oxygens (including phenoxy) is 2. The maximum absolute atomic E-state index is 12.8. The van der Waals surface area contributed by atoms with Crippen molar-refractivity contribution < 1.29 is 22.7 Å². The minimum absolute atomic E-state index is 0.126. The SMILES string of the molecule is O=C(Nc1ccc2c(c1)OCO2)C1CCN(S(=O)(=O)c2cccc(Cl)c2)CC1. The predicted molar refractivity (Wildman–Crippen MR) is 104 cm³/mol. The van der Waals surface area contributed by atoms with Gasteiger partial charge in [-0.05, 0) is 43.2 Å². The van der Waals surface area contributed by atoms with Crippen molar-refractivity contribution >= 4 is 33.2 Å². The molecule has 0 saturated carbocycles. The molecule has 1 amide bonds. The van der Waals surface area contributed by atoms with Crippen molar-refractivity contribution in [3.05, 3.63) is 47.5 Å². The van der Waals surface area contributed by atoms with Crippen molar-refractivity contribution in [2.45, 2.75) is 17.7 Å². The molecule has 28 heavy (non-hydrogen) atoms. The number of carbonyl (C=O) groups is 1. The number of benzene rings is 2. The average Bonchev–Trinajstić information content (AvgIpc) is 3.16. The van der Waals surface area contributed by atoms with Gasteiger partial charge in [-0.25, -0.2) is 8.42 Å². The molecule has 4 rings (SSSR count). The van der Waals surface area contributed by atoms with Crippen LogP contribution in [0, 0.1) is 5.92 Å². The number of nitrogens with one attached hydrogen (secondary N) is 1. The van der Waals surface area contributed by atoms with Gasteiger partial charge in [0.2, 0.25) is 22.7 Å². The van der Waals surface area contributed by atoms with Gasteiger partial charge in [-0.15, -0.1) is 0 Å². The van der Waals surface area contributed by atoms with Crippen LogP contribution in [-0.2, 0) is 14.8 Å². The molecule has 2 aromatic rings. The highest BCUT2D eigenvalue weighted by atomic mass is 35.5. The lowest BCUT2D eigenvalue weighted by Crippen LogP contribution is -2.41. The lowest BCUT2D eigenvalue weighted by molar-refractivity contribution is -0.120. The maximum atomic E-state index is 12.8. The summed E-state index contributed by atoms with van der Waals surface area (Å²) in [5, 5.41) is 3.25. The summed E-state index contributed by atoms with van der Waals surface area (Å²) in [5.74, 6) is 0.868. The van der Waals surface area contributed by atoms with Crippen LogP contribution in [0.2, 0.25) is 5.02 Å². The van der Waals surface area contributed by atoms with Gasteiger partial charge in [-0.2, -0.15) is 4.31 Å². The number of sulfonamides is 1. The summed E-state index contributed by atoms with van der Waals surface area (Å²) in [5.41, 5.74) is 0.628. The van der Waals surface area contributed by atoms with Gasteiger partial charge >= 0.3 is 0 Å². The molecule has 2 aliphatic heterocycles. The summed E-state index contributed by atoms with van der Waals surface area (Å²) in [6, 6.07) is 11.4. The smallest absolute Gasteiger partial charge is 0.243 e. The third-order valence-corrected chi connectivity index (χ3v) is 7.03. The molecule has 148 valence electrons. The molecule has 1 saturated heterocycles. The van der Waals surface area contributed by atoms with Gasteiger partial charge in [0.1, 0.15) is 0 Å². The number of fused-ring (bicyclic) bond motifs is 1. The molecule has 2 aliphatic rings. The van der Waals surface area contributed by atoms with Gasteiger partial charge in [0.15, 0.2) is 11.5 Å². The lowest BCUT2D eigenvalue weighted by Gasteiger charge is -2.30. The summed E-state index contributed by atoms with van der Waals surface area (Å²) in [6.45, 7) is 0.744. The van der Waals surface area contributed by atoms with Gasteiger partial charge in [0, 0.05) is 35.8 Å². The van der Waals surface area contributed by atoms with Crippen LogP contribution in [0.5, 0.6) is 11.5 Å². The van der Waals surface area contributed by atoms with Crippen LogP contribution in [-0.4, -0.2) is 38.5 Å². The largest absolute Gasteiger partial charge is 0.454 e. The molecule has 2 aromatic carbocycles. The van der Waals surface area contributed by atoms with E-state index in [1.54, 1.807) is 30.3 Å². The molecule has 9 heteroatoms. The molecule has 0 spiro atoms. The van der Waals surface area contributed by atoms with E-state index in [1.165, 1.54) is 16.4 Å². The normalized spacial score (nSPS) is 17.5. The summed E-state index contributed by atoms with van der Waals surface area (Å²) in [6.07, 6.45) is 0.909. The van der Waals surface area contributed by atoms with Crippen molar-refractivity contribution in [3.8, 4) is 11.5 Å². The Balaban J connectivity index is 1.38. The number of halogens is 1. The molecule has 0 unspecified atom stereocenters. The van der Waals surface area contributed by atoms with E-state index in [-0.39, 0.29) is 36.6 Å². The number of nitrogens with zero attached hydrogens (tertiary/aromatic N) is 1. The fraction of sp³-hybridized carbons (Fsp3) is 0.316. The molecule has 2 heterocycles. The highest BCUT2D eigenvalue weighted by Gasteiger charge is 2.32. The minimum Gasteiger partial charge on any atom is -0.454 e. The molecular weight excluding hydrogens is 404 g/mol. The molecule has 0 bridgehead atoms. The van der Waals surface area contributed by atoms with Gasteiger partial charge in [-0.3, -0.25) is 4.79 Å². The zero-order valence-corrected chi connectivity index (χ0v) is 16.5. The second kappa shape index (κ2) is 7.62. The fourth-order valence-electron chi connectivity index (χ4n) is 3.35. The Kier molecular flexibility index (Phi) is 5.18. The number of anilines is 1. The Labute approximate surface area is 168 Å². The third-order valence-electron chi connectivity index (χ3n) is 4.90. The first-order chi connectivity index (χ1) is 13.4. The Morgan fingerprint density at radius 1 is 1.07 bits per heavy atom. The summed E-state index contributed by atoms with van der Waals surface area (Å²) in [7, 11) is -3.61. The van der Waals surface area contributed by atoms with Crippen molar-refractivity contribution in [2.75, 3.05) is 25.2 Å². The predicted octanol–water partition coefficient (Wildman–Crippen LogP) is 3.11. The van der Waals surface area contributed by atoms with E-state index in [9.17, 15) is 13.2 Å². The van der Waals surface area contributed by atoms with Crippen molar-refractivity contribution in [1.82, 2.24) is 4.31 Å². The van der Waals surface area contributed by atoms with E-state index in [0.717, 1.165) is 0 Å². The Bertz CT molecular complexity index is 1000. The molecule has 1 fully saturated rings.